The lowest BCUT2D eigenvalue weighted by molar-refractivity contribution is 0.534. The molecular weight excluding hydrogens is 258 g/mol. The first-order valence-corrected chi connectivity index (χ1v) is 7.38. The average Bonchev–Trinajstić information content (AvgIpc) is 2.55. The van der Waals surface area contributed by atoms with Crippen LogP contribution in [-0.4, -0.2) is 31.5 Å². The molecule has 0 aliphatic carbocycles. The number of hydrogen-bond donors (Lipinski definition) is 0. The highest BCUT2D eigenvalue weighted by Crippen LogP contribution is 2.33. The first-order chi connectivity index (χ1) is 10.3. The second-order valence-corrected chi connectivity index (χ2v) is 5.50. The van der Waals surface area contributed by atoms with Gasteiger partial charge < -0.3 is 9.80 Å². The van der Waals surface area contributed by atoms with E-state index in [2.05, 4.69) is 84.6 Å². The van der Waals surface area contributed by atoms with Crippen LogP contribution < -0.4 is 4.90 Å². The Morgan fingerprint density at radius 1 is 0.952 bits per heavy atom. The summed E-state index contributed by atoms with van der Waals surface area (Å²) in [4.78, 5) is 9.18. The van der Waals surface area contributed by atoms with Crippen LogP contribution >= 0.6 is 0 Å². The zero-order valence-electron chi connectivity index (χ0n) is 12.6. The molecule has 0 saturated heterocycles. The van der Waals surface area contributed by atoms with E-state index in [1.54, 1.807) is 0 Å². The van der Waals surface area contributed by atoms with Crippen molar-refractivity contribution in [3.63, 3.8) is 0 Å². The van der Waals surface area contributed by atoms with Gasteiger partial charge in [0.15, 0.2) is 0 Å². The van der Waals surface area contributed by atoms with Crippen molar-refractivity contribution < 1.29 is 0 Å². The highest BCUT2D eigenvalue weighted by molar-refractivity contribution is 5.97. The Balaban J connectivity index is 2.05. The molecule has 0 N–H and O–H groups in total. The van der Waals surface area contributed by atoms with Gasteiger partial charge in [0, 0.05) is 26.3 Å². The fourth-order valence-electron chi connectivity index (χ4n) is 2.86. The predicted molar refractivity (Wildman–Crippen MR) is 88.7 cm³/mol. The lowest BCUT2D eigenvalue weighted by atomic mass is 10.00. The molecule has 1 aliphatic rings. The number of nitrogens with zero attached hydrogens (tertiary/aromatic N) is 3. The number of para-hydroxylation sites is 1. The molecule has 0 aromatic heterocycles. The largest absolute Gasteiger partial charge is 0.349 e. The van der Waals surface area contributed by atoms with Crippen LogP contribution in [0.25, 0.3) is 0 Å². The first kappa shape index (κ1) is 13.7. The van der Waals surface area contributed by atoms with Gasteiger partial charge in [-0.25, -0.2) is 0 Å². The lowest BCUT2D eigenvalue weighted by Gasteiger charge is -2.39. The summed E-state index contributed by atoms with van der Waals surface area (Å²) in [6.45, 7) is 0.871. The standard InChI is InChI=1S/C18H21N3/c1-20(2)18-19-14-13-17(15-9-5-3-6-10-15)21(18)16-11-7-4-8-12-16/h3-12,17H,13-14H2,1-2H3. The van der Waals surface area contributed by atoms with Gasteiger partial charge in [0.25, 0.3) is 0 Å². The summed E-state index contributed by atoms with van der Waals surface area (Å²) in [7, 11) is 4.12. The normalized spacial score (nSPS) is 18.3. The van der Waals surface area contributed by atoms with Crippen LogP contribution in [0, 0.1) is 0 Å². The third-order valence-corrected chi connectivity index (χ3v) is 3.80. The van der Waals surface area contributed by atoms with Gasteiger partial charge >= 0.3 is 0 Å². The molecule has 1 aliphatic heterocycles. The molecule has 1 atom stereocenters. The van der Waals surface area contributed by atoms with Gasteiger partial charge in [-0.1, -0.05) is 48.5 Å². The molecule has 0 radical (unpaired) electrons. The fourth-order valence-corrected chi connectivity index (χ4v) is 2.86. The maximum absolute atomic E-state index is 4.73. The number of hydrogen-bond acceptors (Lipinski definition) is 3. The van der Waals surface area contributed by atoms with Gasteiger partial charge in [-0.3, -0.25) is 4.99 Å². The van der Waals surface area contributed by atoms with Gasteiger partial charge in [0.05, 0.1) is 6.04 Å². The molecule has 0 saturated carbocycles. The maximum Gasteiger partial charge on any atom is 0.201 e. The molecule has 0 fully saturated rings. The summed E-state index contributed by atoms with van der Waals surface area (Å²) >= 11 is 0. The highest BCUT2D eigenvalue weighted by atomic mass is 15.4. The Morgan fingerprint density at radius 3 is 2.19 bits per heavy atom. The third-order valence-electron chi connectivity index (χ3n) is 3.80. The Labute approximate surface area is 126 Å². The van der Waals surface area contributed by atoms with Crippen molar-refractivity contribution in [3.8, 4) is 0 Å². The molecule has 3 nitrogen and oxygen atoms in total. The van der Waals surface area contributed by atoms with Crippen LogP contribution in [0.2, 0.25) is 0 Å². The number of anilines is 1. The van der Waals surface area contributed by atoms with E-state index >= 15 is 0 Å². The van der Waals surface area contributed by atoms with E-state index in [1.807, 2.05) is 0 Å². The SMILES string of the molecule is CN(C)C1=NCCC(c2ccccc2)N1c1ccccc1. The maximum atomic E-state index is 4.73. The Hall–Kier alpha value is -2.29. The van der Waals surface area contributed by atoms with Gasteiger partial charge in [-0.2, -0.15) is 0 Å². The minimum absolute atomic E-state index is 0.337. The van der Waals surface area contributed by atoms with Gasteiger partial charge in [-0.15, -0.1) is 0 Å². The molecule has 0 spiro atoms. The van der Waals surface area contributed by atoms with Crippen molar-refractivity contribution in [2.75, 3.05) is 25.5 Å². The van der Waals surface area contributed by atoms with Crippen molar-refractivity contribution in [3.05, 3.63) is 66.2 Å². The Morgan fingerprint density at radius 2 is 1.57 bits per heavy atom. The lowest BCUT2D eigenvalue weighted by Crippen LogP contribution is -2.46. The molecule has 0 amide bonds. The van der Waals surface area contributed by atoms with Crippen LogP contribution in [0.3, 0.4) is 0 Å². The summed E-state index contributed by atoms with van der Waals surface area (Å²) in [6.07, 6.45) is 1.04. The van der Waals surface area contributed by atoms with Crippen LogP contribution in [-0.2, 0) is 0 Å². The quantitative estimate of drug-likeness (QED) is 0.837. The first-order valence-electron chi connectivity index (χ1n) is 7.38. The van der Waals surface area contributed by atoms with E-state index < -0.39 is 0 Å². The van der Waals surface area contributed by atoms with Crippen molar-refractivity contribution in [1.82, 2.24) is 4.90 Å². The second-order valence-electron chi connectivity index (χ2n) is 5.50. The van der Waals surface area contributed by atoms with E-state index in [-0.39, 0.29) is 0 Å². The molecule has 21 heavy (non-hydrogen) atoms. The molecule has 2 aromatic carbocycles. The summed E-state index contributed by atoms with van der Waals surface area (Å²) in [5.74, 6) is 1.03. The number of aliphatic imine (C=N–C) groups is 1. The molecule has 1 heterocycles. The van der Waals surface area contributed by atoms with Crippen LogP contribution in [0.5, 0.6) is 0 Å². The van der Waals surface area contributed by atoms with E-state index in [0.717, 1.165) is 18.9 Å². The van der Waals surface area contributed by atoms with Crippen LogP contribution in [0.15, 0.2) is 65.7 Å². The van der Waals surface area contributed by atoms with Crippen molar-refractivity contribution in [2.45, 2.75) is 12.5 Å². The Kier molecular flexibility index (Phi) is 3.91. The highest BCUT2D eigenvalue weighted by Gasteiger charge is 2.29. The molecule has 2 aromatic rings. The molecule has 3 rings (SSSR count). The smallest absolute Gasteiger partial charge is 0.201 e. The third kappa shape index (κ3) is 2.77. The van der Waals surface area contributed by atoms with Crippen LogP contribution in [0.4, 0.5) is 5.69 Å². The summed E-state index contributed by atoms with van der Waals surface area (Å²) in [5.41, 5.74) is 2.54. The summed E-state index contributed by atoms with van der Waals surface area (Å²) < 4.78 is 0. The van der Waals surface area contributed by atoms with E-state index in [1.165, 1.54) is 11.3 Å². The zero-order chi connectivity index (χ0) is 14.7. The van der Waals surface area contributed by atoms with E-state index in [4.69, 9.17) is 4.99 Å². The minimum atomic E-state index is 0.337. The van der Waals surface area contributed by atoms with Crippen molar-refractivity contribution in [2.24, 2.45) is 4.99 Å². The predicted octanol–water partition coefficient (Wildman–Crippen LogP) is 3.56. The van der Waals surface area contributed by atoms with Gasteiger partial charge in [-0.05, 0) is 24.1 Å². The molecule has 3 heteroatoms. The van der Waals surface area contributed by atoms with E-state index in [9.17, 15) is 0 Å². The molecule has 108 valence electrons. The van der Waals surface area contributed by atoms with Crippen LogP contribution in [0.1, 0.15) is 18.0 Å². The van der Waals surface area contributed by atoms with Gasteiger partial charge in [0.2, 0.25) is 5.96 Å². The van der Waals surface area contributed by atoms with Crippen molar-refractivity contribution >= 4 is 11.6 Å². The summed E-state index contributed by atoms with van der Waals surface area (Å²) in [6, 6.07) is 21.6. The number of guanidine groups is 1. The zero-order valence-corrected chi connectivity index (χ0v) is 12.6. The Bertz CT molecular complexity index is 605. The fraction of sp³-hybridized carbons (Fsp3) is 0.278. The average molecular weight is 279 g/mol. The molecule has 1 unspecified atom stereocenters. The van der Waals surface area contributed by atoms with E-state index in [0.29, 0.717) is 6.04 Å². The van der Waals surface area contributed by atoms with Gasteiger partial charge in [0.1, 0.15) is 0 Å². The van der Waals surface area contributed by atoms with Crippen molar-refractivity contribution in [1.29, 1.82) is 0 Å². The molecule has 0 bridgehead atoms. The molecular formula is C18H21N3. The second kappa shape index (κ2) is 6.00. The topological polar surface area (TPSA) is 18.8 Å². The monoisotopic (exact) mass is 279 g/mol. The number of rotatable bonds is 2. The minimum Gasteiger partial charge on any atom is -0.349 e. The summed E-state index contributed by atoms with van der Waals surface area (Å²) in [5, 5.41) is 0. The number of benzene rings is 2.